The molecule has 11 heteroatoms. The van der Waals surface area contributed by atoms with E-state index in [4.69, 9.17) is 13.9 Å². The third-order valence-corrected chi connectivity index (χ3v) is 7.96. The molecule has 3 aromatic heterocycles. The van der Waals surface area contributed by atoms with Crippen LogP contribution in [0.5, 0.6) is 11.9 Å². The minimum Gasteiger partial charge on any atom is -0.472 e. The Morgan fingerprint density at radius 3 is 2.19 bits per heavy atom. The molecule has 0 saturated carbocycles. The first kappa shape index (κ1) is 28.9. The molecule has 0 unspecified atom stereocenters. The number of hydrogen-bond acceptors (Lipinski definition) is 8. The molecule has 5 aromatic rings. The Kier molecular flexibility index (Phi) is 8.04. The quantitative estimate of drug-likeness (QED) is 0.198. The van der Waals surface area contributed by atoms with Crippen molar-refractivity contribution in [3.63, 3.8) is 0 Å². The minimum atomic E-state index is -3.92. The zero-order valence-corrected chi connectivity index (χ0v) is 25.0. The molecule has 10 nitrogen and oxygen atoms in total. The van der Waals surface area contributed by atoms with Gasteiger partial charge >= 0.3 is 6.01 Å². The number of nitrogens with zero attached hydrogens (tertiary/aromatic N) is 4. The highest BCUT2D eigenvalue weighted by molar-refractivity contribution is 7.92. The summed E-state index contributed by atoms with van der Waals surface area (Å²) in [6, 6.07) is 18.4. The van der Waals surface area contributed by atoms with E-state index in [1.165, 1.54) is 4.68 Å². The van der Waals surface area contributed by atoms with Gasteiger partial charge in [-0.05, 0) is 47.7 Å². The minimum absolute atomic E-state index is 0.0954. The van der Waals surface area contributed by atoms with Crippen LogP contribution in [0.1, 0.15) is 31.9 Å². The Morgan fingerprint density at radius 1 is 0.905 bits per heavy atom. The van der Waals surface area contributed by atoms with Crippen molar-refractivity contribution in [1.82, 2.24) is 19.7 Å². The van der Waals surface area contributed by atoms with Gasteiger partial charge in [0.05, 0.1) is 22.3 Å². The van der Waals surface area contributed by atoms with Crippen LogP contribution >= 0.6 is 0 Å². The van der Waals surface area contributed by atoms with Crippen molar-refractivity contribution in [2.75, 3.05) is 17.9 Å². The zero-order valence-electron chi connectivity index (χ0n) is 24.2. The topological polar surface area (TPSA) is 121 Å². The molecule has 1 N–H and O–H groups in total. The van der Waals surface area contributed by atoms with Gasteiger partial charge in [-0.25, -0.2) is 23.1 Å². The molecule has 0 aliphatic heterocycles. The first-order valence-electron chi connectivity index (χ1n) is 13.4. The van der Waals surface area contributed by atoms with E-state index >= 15 is 0 Å². The number of ether oxygens (including phenoxy) is 2. The Labute approximate surface area is 245 Å². The fourth-order valence-corrected chi connectivity index (χ4v) is 5.35. The van der Waals surface area contributed by atoms with Crippen LogP contribution in [0, 0.1) is 6.92 Å². The van der Waals surface area contributed by atoms with Gasteiger partial charge in [-0.2, -0.15) is 0 Å². The molecule has 0 amide bonds. The van der Waals surface area contributed by atoms with E-state index in [0.29, 0.717) is 11.3 Å². The van der Waals surface area contributed by atoms with Crippen molar-refractivity contribution >= 4 is 15.8 Å². The van der Waals surface area contributed by atoms with Gasteiger partial charge in [-0.15, -0.1) is 5.10 Å². The maximum absolute atomic E-state index is 13.4. The molecule has 42 heavy (non-hydrogen) atoms. The number of rotatable bonds is 10. The predicted molar refractivity (Wildman–Crippen MR) is 160 cm³/mol. The summed E-state index contributed by atoms with van der Waals surface area (Å²) in [7, 11) is -2.26. The lowest BCUT2D eigenvalue weighted by Gasteiger charge is -2.19. The zero-order chi connectivity index (χ0) is 29.9. The maximum atomic E-state index is 13.4. The van der Waals surface area contributed by atoms with Crippen molar-refractivity contribution in [2.45, 2.75) is 38.0 Å². The van der Waals surface area contributed by atoms with Crippen LogP contribution in [0.3, 0.4) is 0 Å². The van der Waals surface area contributed by atoms with Crippen LogP contribution in [-0.2, 0) is 22.5 Å². The number of anilines is 1. The van der Waals surface area contributed by atoms with E-state index in [-0.39, 0.29) is 41.2 Å². The highest BCUT2D eigenvalue weighted by Gasteiger charge is 2.25. The first-order chi connectivity index (χ1) is 20.0. The number of aromatic nitrogens is 4. The van der Waals surface area contributed by atoms with Crippen molar-refractivity contribution in [3.8, 4) is 34.3 Å². The molecule has 5 rings (SSSR count). The largest absolute Gasteiger partial charge is 0.472 e. The Bertz CT molecular complexity index is 1740. The fourth-order valence-electron chi connectivity index (χ4n) is 4.25. The molecule has 0 aliphatic rings. The second-order valence-electron chi connectivity index (χ2n) is 10.8. The van der Waals surface area contributed by atoms with E-state index in [2.05, 4.69) is 40.6 Å². The predicted octanol–water partition coefficient (Wildman–Crippen LogP) is 6.00. The smallest absolute Gasteiger partial charge is 0.316 e. The third-order valence-electron chi connectivity index (χ3n) is 6.60. The van der Waals surface area contributed by atoms with Crippen molar-refractivity contribution in [2.24, 2.45) is 7.05 Å². The summed E-state index contributed by atoms with van der Waals surface area (Å²) < 4.78 is 48.1. The molecule has 0 bridgehead atoms. The monoisotopic (exact) mass is 587 g/mol. The number of aryl methyl sites for hydroxylation is 2. The number of sulfonamides is 1. The van der Waals surface area contributed by atoms with Crippen molar-refractivity contribution < 1.29 is 22.3 Å². The van der Waals surface area contributed by atoms with Crippen LogP contribution in [0.2, 0.25) is 0 Å². The van der Waals surface area contributed by atoms with Crippen molar-refractivity contribution in [3.05, 3.63) is 90.4 Å². The summed E-state index contributed by atoms with van der Waals surface area (Å²) in [6.07, 6.45) is 4.82. The molecule has 0 aliphatic carbocycles. The molecule has 2 aromatic carbocycles. The van der Waals surface area contributed by atoms with Gasteiger partial charge in [0, 0.05) is 19.4 Å². The van der Waals surface area contributed by atoms with E-state index < -0.39 is 10.0 Å². The summed E-state index contributed by atoms with van der Waals surface area (Å²) in [5.41, 5.74) is 4.02. The SMILES string of the molecule is Cc1ccc(-c2c(OCCOc3ncc(-c4ccco4)cn3)nn(C)c2NS(=O)(=O)c2ccc(C(C)(C)C)cc2)cc1. The van der Waals surface area contributed by atoms with Crippen LogP contribution in [0.25, 0.3) is 22.5 Å². The molecule has 0 spiro atoms. The van der Waals surface area contributed by atoms with Gasteiger partial charge in [0.25, 0.3) is 10.0 Å². The Balaban J connectivity index is 1.34. The average molecular weight is 588 g/mol. The lowest BCUT2D eigenvalue weighted by Crippen LogP contribution is -2.17. The Hall–Kier alpha value is -4.64. The molecule has 0 fully saturated rings. The molecule has 0 saturated heterocycles. The number of furan rings is 1. The van der Waals surface area contributed by atoms with E-state index in [1.807, 2.05) is 49.4 Å². The second kappa shape index (κ2) is 11.7. The molecular weight excluding hydrogens is 554 g/mol. The van der Waals surface area contributed by atoms with Gasteiger partial charge < -0.3 is 13.9 Å². The first-order valence-corrected chi connectivity index (χ1v) is 14.9. The van der Waals surface area contributed by atoms with Gasteiger partial charge in [0.2, 0.25) is 5.88 Å². The fraction of sp³-hybridized carbons (Fsp3) is 0.258. The highest BCUT2D eigenvalue weighted by Crippen LogP contribution is 2.38. The lowest BCUT2D eigenvalue weighted by atomic mass is 9.87. The normalized spacial score (nSPS) is 11.8. The summed E-state index contributed by atoms with van der Waals surface area (Å²) in [5.74, 6) is 1.21. The highest BCUT2D eigenvalue weighted by atomic mass is 32.2. The van der Waals surface area contributed by atoms with Crippen LogP contribution in [0.15, 0.2) is 88.6 Å². The summed E-state index contributed by atoms with van der Waals surface area (Å²) in [4.78, 5) is 8.58. The molecule has 0 atom stereocenters. The summed E-state index contributed by atoms with van der Waals surface area (Å²) in [5, 5.41) is 4.49. The van der Waals surface area contributed by atoms with Gasteiger partial charge in [0.1, 0.15) is 24.8 Å². The van der Waals surface area contributed by atoms with Crippen molar-refractivity contribution in [1.29, 1.82) is 0 Å². The second-order valence-corrected chi connectivity index (χ2v) is 12.5. The van der Waals surface area contributed by atoms with Crippen LogP contribution < -0.4 is 14.2 Å². The number of benzene rings is 2. The summed E-state index contributed by atoms with van der Waals surface area (Å²) >= 11 is 0. The van der Waals surface area contributed by atoms with Gasteiger partial charge in [-0.3, -0.25) is 4.72 Å². The maximum Gasteiger partial charge on any atom is 0.316 e. The van der Waals surface area contributed by atoms with E-state index in [9.17, 15) is 8.42 Å². The van der Waals surface area contributed by atoms with Crippen LogP contribution in [-0.4, -0.2) is 41.4 Å². The molecule has 0 radical (unpaired) electrons. The molecular formula is C31H33N5O5S. The third kappa shape index (κ3) is 6.46. The van der Waals surface area contributed by atoms with E-state index in [0.717, 1.165) is 22.3 Å². The standard InChI is InChI=1S/C31H33N5O5S/c1-21-8-10-22(11-9-21)27-28(35-42(37,38)25-14-12-24(13-15-25)31(2,3)4)36(5)34-29(27)40-17-18-41-30-32-19-23(20-33-30)26-7-6-16-39-26/h6-16,19-20,35H,17-18H2,1-5H3. The van der Waals surface area contributed by atoms with Gasteiger partial charge in [0.15, 0.2) is 0 Å². The molecule has 218 valence electrons. The lowest BCUT2D eigenvalue weighted by molar-refractivity contribution is 0.201. The summed E-state index contributed by atoms with van der Waals surface area (Å²) in [6.45, 7) is 8.49. The number of nitrogens with one attached hydrogen (secondary N) is 1. The molecule has 3 heterocycles. The van der Waals surface area contributed by atoms with E-state index in [1.54, 1.807) is 43.9 Å². The number of hydrogen-bond donors (Lipinski definition) is 1. The van der Waals surface area contributed by atoms with Gasteiger partial charge in [-0.1, -0.05) is 62.7 Å². The Morgan fingerprint density at radius 2 is 1.57 bits per heavy atom. The average Bonchev–Trinajstić information content (AvgIpc) is 3.60. The van der Waals surface area contributed by atoms with Crippen LogP contribution in [0.4, 0.5) is 5.82 Å².